The minimum atomic E-state index is 0.406. The number of nitrogens with zero attached hydrogens (tertiary/aromatic N) is 2. The van der Waals surface area contributed by atoms with Crippen molar-refractivity contribution in [3.8, 4) is 23.0 Å². The summed E-state index contributed by atoms with van der Waals surface area (Å²) in [7, 11) is 6.36. The molecule has 0 bridgehead atoms. The van der Waals surface area contributed by atoms with E-state index in [1.165, 1.54) is 0 Å². The van der Waals surface area contributed by atoms with Gasteiger partial charge in [0.25, 0.3) is 0 Å². The smallest absolute Gasteiger partial charge is 0.203 e. The van der Waals surface area contributed by atoms with Crippen LogP contribution < -0.4 is 29.6 Å². The van der Waals surface area contributed by atoms with Gasteiger partial charge in [-0.1, -0.05) is 18.2 Å². The van der Waals surface area contributed by atoms with Crippen molar-refractivity contribution in [3.05, 3.63) is 72.1 Å². The Balaban J connectivity index is 1.62. The monoisotopic (exact) mass is 502 g/mol. The molecule has 0 aliphatic rings. The van der Waals surface area contributed by atoms with Crippen LogP contribution in [0.5, 0.6) is 23.0 Å². The van der Waals surface area contributed by atoms with Gasteiger partial charge in [0.15, 0.2) is 22.4 Å². The third kappa shape index (κ3) is 5.64. The lowest BCUT2D eigenvalue weighted by Gasteiger charge is -2.13. The van der Waals surface area contributed by atoms with Crippen molar-refractivity contribution in [3.63, 3.8) is 0 Å². The van der Waals surface area contributed by atoms with Gasteiger partial charge in [0.2, 0.25) is 5.75 Å². The van der Waals surface area contributed by atoms with E-state index in [1.807, 2.05) is 72.8 Å². The average Bonchev–Trinajstić information content (AvgIpc) is 2.91. The first-order valence-electron chi connectivity index (χ1n) is 11.0. The predicted molar refractivity (Wildman–Crippen MR) is 147 cm³/mol. The van der Waals surface area contributed by atoms with Crippen molar-refractivity contribution < 1.29 is 18.9 Å². The van der Waals surface area contributed by atoms with Crippen molar-refractivity contribution in [1.29, 1.82) is 0 Å². The molecule has 0 aliphatic carbocycles. The minimum Gasteiger partial charge on any atom is -0.497 e. The number of anilines is 2. The van der Waals surface area contributed by atoms with Crippen LogP contribution in [0.2, 0.25) is 0 Å². The van der Waals surface area contributed by atoms with E-state index in [-0.39, 0.29) is 0 Å². The van der Waals surface area contributed by atoms with E-state index in [9.17, 15) is 0 Å². The van der Waals surface area contributed by atoms with Gasteiger partial charge in [0, 0.05) is 11.1 Å². The van der Waals surface area contributed by atoms with Crippen LogP contribution in [0.25, 0.3) is 23.1 Å². The highest BCUT2D eigenvalue weighted by molar-refractivity contribution is 7.80. The zero-order valence-corrected chi connectivity index (χ0v) is 21.2. The van der Waals surface area contributed by atoms with Crippen LogP contribution in [0.3, 0.4) is 0 Å². The summed E-state index contributed by atoms with van der Waals surface area (Å²) in [5.41, 5.74) is 2.45. The van der Waals surface area contributed by atoms with Gasteiger partial charge in [-0.25, -0.2) is 9.97 Å². The van der Waals surface area contributed by atoms with Crippen LogP contribution >= 0.6 is 12.2 Å². The molecule has 0 amide bonds. The number of methoxy groups -OCH3 is 4. The number of fused-ring (bicyclic) bond motifs is 1. The molecule has 0 unspecified atom stereocenters. The second-order valence-corrected chi connectivity index (χ2v) is 7.96. The Kier molecular flexibility index (Phi) is 7.82. The molecule has 0 aliphatic heterocycles. The van der Waals surface area contributed by atoms with Gasteiger partial charge in [0.05, 0.1) is 34.0 Å². The highest BCUT2D eigenvalue weighted by Gasteiger charge is 2.13. The number of nitrogens with one attached hydrogen (secondary N) is 2. The normalized spacial score (nSPS) is 10.8. The van der Waals surface area contributed by atoms with Crippen molar-refractivity contribution in [2.45, 2.75) is 0 Å². The Morgan fingerprint density at radius 1 is 0.778 bits per heavy atom. The predicted octanol–water partition coefficient (Wildman–Crippen LogP) is 5.64. The second-order valence-electron chi connectivity index (χ2n) is 7.55. The molecule has 9 heteroatoms. The van der Waals surface area contributed by atoms with Crippen LogP contribution in [-0.2, 0) is 0 Å². The molecule has 0 fully saturated rings. The quantitative estimate of drug-likeness (QED) is 0.297. The molecular formula is C27H26N4O4S. The number of aromatic nitrogens is 2. The Morgan fingerprint density at radius 2 is 1.47 bits per heavy atom. The molecule has 4 rings (SSSR count). The molecule has 8 nitrogen and oxygen atoms in total. The summed E-state index contributed by atoms with van der Waals surface area (Å²) >= 11 is 5.53. The third-order valence-corrected chi connectivity index (χ3v) is 5.52. The largest absolute Gasteiger partial charge is 0.497 e. The first kappa shape index (κ1) is 24.7. The first-order valence-corrected chi connectivity index (χ1v) is 11.4. The molecule has 0 saturated heterocycles. The van der Waals surface area contributed by atoms with Gasteiger partial charge in [-0.2, -0.15) is 0 Å². The maximum Gasteiger partial charge on any atom is 0.203 e. The Bertz CT molecular complexity index is 1380. The molecule has 0 radical (unpaired) electrons. The average molecular weight is 503 g/mol. The molecule has 0 spiro atoms. The molecule has 36 heavy (non-hydrogen) atoms. The van der Waals surface area contributed by atoms with Gasteiger partial charge in [0.1, 0.15) is 11.6 Å². The van der Waals surface area contributed by atoms with Crippen LogP contribution in [0, 0.1) is 0 Å². The lowest BCUT2D eigenvalue weighted by Crippen LogP contribution is -2.20. The van der Waals surface area contributed by atoms with Crippen molar-refractivity contribution >= 4 is 51.9 Å². The number of hydrogen-bond acceptors (Lipinski definition) is 7. The van der Waals surface area contributed by atoms with Crippen LogP contribution in [0.4, 0.5) is 11.5 Å². The minimum absolute atomic E-state index is 0.406. The molecule has 3 aromatic carbocycles. The van der Waals surface area contributed by atoms with E-state index < -0.39 is 0 Å². The number of benzene rings is 3. The molecule has 0 atom stereocenters. The molecule has 184 valence electrons. The van der Waals surface area contributed by atoms with Crippen LogP contribution in [-0.4, -0.2) is 43.5 Å². The Hall–Kier alpha value is -4.37. The highest BCUT2D eigenvalue weighted by atomic mass is 32.1. The van der Waals surface area contributed by atoms with E-state index >= 15 is 0 Å². The van der Waals surface area contributed by atoms with E-state index in [0.29, 0.717) is 34.0 Å². The Morgan fingerprint density at radius 3 is 2.11 bits per heavy atom. The summed E-state index contributed by atoms with van der Waals surface area (Å²) in [6, 6.07) is 18.9. The molecule has 4 aromatic rings. The summed E-state index contributed by atoms with van der Waals surface area (Å²) in [4.78, 5) is 9.38. The fourth-order valence-electron chi connectivity index (χ4n) is 3.58. The summed E-state index contributed by atoms with van der Waals surface area (Å²) in [5.74, 6) is 3.53. The molecule has 0 saturated carbocycles. The van der Waals surface area contributed by atoms with E-state index in [2.05, 4.69) is 15.6 Å². The van der Waals surface area contributed by atoms with Crippen molar-refractivity contribution in [2.24, 2.45) is 0 Å². The zero-order valence-electron chi connectivity index (χ0n) is 20.4. The molecular weight excluding hydrogens is 476 g/mol. The van der Waals surface area contributed by atoms with Crippen molar-refractivity contribution in [1.82, 2.24) is 9.97 Å². The molecule has 2 N–H and O–H groups in total. The summed E-state index contributed by atoms with van der Waals surface area (Å²) in [5, 5.41) is 7.62. The van der Waals surface area contributed by atoms with Gasteiger partial charge in [-0.3, -0.25) is 0 Å². The zero-order chi connectivity index (χ0) is 25.5. The molecule has 1 aromatic heterocycles. The molecule has 1 heterocycles. The van der Waals surface area contributed by atoms with E-state index in [4.69, 9.17) is 36.1 Å². The number of rotatable bonds is 8. The number of thiocarbonyl (C=S) groups is 1. The topological polar surface area (TPSA) is 86.8 Å². The lowest BCUT2D eigenvalue weighted by molar-refractivity contribution is 0.324. The highest BCUT2D eigenvalue weighted by Crippen LogP contribution is 2.38. The standard InChI is InChI=1S/C27H26N4O4S/c1-32-19-12-10-18(11-13-19)28-27(36)31-26-20-7-5-6-8-21(20)29-24(30-26)14-9-17-15-22(33-2)25(35-4)23(16-17)34-3/h5-16H,1-4H3,(H2,28,29,30,31,36)/b14-9+. The maximum atomic E-state index is 5.53. The first-order chi connectivity index (χ1) is 17.5. The van der Waals surface area contributed by atoms with Crippen LogP contribution in [0.1, 0.15) is 11.4 Å². The van der Waals surface area contributed by atoms with E-state index in [1.54, 1.807) is 28.4 Å². The fourth-order valence-corrected chi connectivity index (χ4v) is 3.79. The summed E-state index contributed by atoms with van der Waals surface area (Å²) in [6.07, 6.45) is 3.70. The second kappa shape index (κ2) is 11.4. The summed E-state index contributed by atoms with van der Waals surface area (Å²) < 4.78 is 21.5. The van der Waals surface area contributed by atoms with Gasteiger partial charge in [-0.05, 0) is 72.4 Å². The number of para-hydroxylation sites is 1. The maximum absolute atomic E-state index is 5.53. The number of hydrogen-bond donors (Lipinski definition) is 2. The van der Waals surface area contributed by atoms with Crippen molar-refractivity contribution in [2.75, 3.05) is 39.1 Å². The lowest BCUT2D eigenvalue weighted by atomic mass is 10.1. The van der Waals surface area contributed by atoms with Gasteiger partial charge < -0.3 is 29.6 Å². The Labute approximate surface area is 214 Å². The summed E-state index contributed by atoms with van der Waals surface area (Å²) in [6.45, 7) is 0. The SMILES string of the molecule is COc1ccc(NC(=S)Nc2nc(/C=C/c3cc(OC)c(OC)c(OC)c3)nc3ccccc23)cc1. The van der Waals surface area contributed by atoms with E-state index in [0.717, 1.165) is 27.9 Å². The van der Waals surface area contributed by atoms with Crippen LogP contribution in [0.15, 0.2) is 60.7 Å². The third-order valence-electron chi connectivity index (χ3n) is 5.31. The number of ether oxygens (including phenoxy) is 4. The fraction of sp³-hybridized carbons (Fsp3) is 0.148. The van der Waals surface area contributed by atoms with Gasteiger partial charge >= 0.3 is 0 Å². The van der Waals surface area contributed by atoms with Gasteiger partial charge in [-0.15, -0.1) is 0 Å².